The maximum absolute atomic E-state index is 12.6. The number of tetrazole rings is 1. The fraction of sp³-hybridized carbons (Fsp3) is 0.118. The van der Waals surface area contributed by atoms with E-state index in [1.54, 1.807) is 17.7 Å². The summed E-state index contributed by atoms with van der Waals surface area (Å²) in [6, 6.07) is 15.3. The van der Waals surface area contributed by atoms with E-state index in [1.807, 2.05) is 41.8 Å². The predicted molar refractivity (Wildman–Crippen MR) is 95.6 cm³/mol. The second-order valence-electron chi connectivity index (χ2n) is 5.55. The first-order chi connectivity index (χ1) is 12.7. The Balaban J connectivity index is 1.80. The molecule has 0 fully saturated rings. The third kappa shape index (κ3) is 2.62. The van der Waals surface area contributed by atoms with Gasteiger partial charge in [0.2, 0.25) is 0 Å². The topological polar surface area (TPSA) is 94.3 Å². The molecule has 26 heavy (non-hydrogen) atoms. The van der Waals surface area contributed by atoms with E-state index in [0.29, 0.717) is 22.0 Å². The van der Waals surface area contributed by atoms with Gasteiger partial charge in [0, 0.05) is 0 Å². The lowest BCUT2D eigenvalue weighted by Crippen LogP contribution is -2.25. The minimum Gasteiger partial charge on any atom is -0.244 e. The van der Waals surface area contributed by atoms with Gasteiger partial charge < -0.3 is 0 Å². The van der Waals surface area contributed by atoms with E-state index in [0.717, 1.165) is 5.69 Å². The fourth-order valence-electron chi connectivity index (χ4n) is 2.69. The van der Waals surface area contributed by atoms with Crippen LogP contribution in [0.15, 0.2) is 52.6 Å². The monoisotopic (exact) mass is 363 g/mol. The lowest BCUT2D eigenvalue weighted by atomic mass is 10.2. The molecule has 4 aromatic rings. The summed E-state index contributed by atoms with van der Waals surface area (Å²) in [7, 11) is 0. The van der Waals surface area contributed by atoms with Crippen LogP contribution in [0.4, 0.5) is 0 Å². The summed E-state index contributed by atoms with van der Waals surface area (Å²) in [5.74, 6) is 0. The molecule has 0 saturated heterocycles. The zero-order valence-corrected chi connectivity index (χ0v) is 14.6. The molecule has 4 rings (SSSR count). The molecule has 0 amide bonds. The standard InChI is InChI=1S/C17H13N7OS/c1-12-14(10-18)15(23(19-12)13-6-3-2-4-7-13)11-22-17(25)24(21-20-22)16-8-5-9-26-16/h2-9H,11H2,1H3. The number of benzene rings is 1. The Morgan fingerprint density at radius 1 is 1.12 bits per heavy atom. The number of hydrogen-bond acceptors (Lipinski definition) is 6. The van der Waals surface area contributed by atoms with Crippen molar-refractivity contribution in [3.05, 3.63) is 75.3 Å². The molecule has 0 atom stereocenters. The highest BCUT2D eigenvalue weighted by Crippen LogP contribution is 2.18. The van der Waals surface area contributed by atoms with Gasteiger partial charge in [-0.1, -0.05) is 18.2 Å². The maximum atomic E-state index is 12.6. The van der Waals surface area contributed by atoms with Gasteiger partial charge in [0.1, 0.15) is 11.1 Å². The van der Waals surface area contributed by atoms with E-state index in [2.05, 4.69) is 21.6 Å². The van der Waals surface area contributed by atoms with E-state index >= 15 is 0 Å². The second kappa shape index (κ2) is 6.42. The van der Waals surface area contributed by atoms with Crippen molar-refractivity contribution >= 4 is 11.3 Å². The van der Waals surface area contributed by atoms with Crippen LogP contribution in [0.5, 0.6) is 0 Å². The Bertz CT molecular complexity index is 1150. The molecule has 1 aromatic carbocycles. The van der Waals surface area contributed by atoms with E-state index in [9.17, 15) is 10.1 Å². The number of hydrogen-bond donors (Lipinski definition) is 0. The van der Waals surface area contributed by atoms with Crippen molar-refractivity contribution in [3.8, 4) is 16.8 Å². The highest BCUT2D eigenvalue weighted by molar-refractivity contribution is 7.12. The van der Waals surface area contributed by atoms with Crippen LogP contribution >= 0.6 is 11.3 Å². The summed E-state index contributed by atoms with van der Waals surface area (Å²) in [6.45, 7) is 1.87. The van der Waals surface area contributed by atoms with Crippen molar-refractivity contribution in [1.82, 2.24) is 29.6 Å². The van der Waals surface area contributed by atoms with Gasteiger partial charge in [0.25, 0.3) is 0 Å². The normalized spacial score (nSPS) is 10.8. The largest absolute Gasteiger partial charge is 0.369 e. The Labute approximate surface area is 152 Å². The smallest absolute Gasteiger partial charge is 0.244 e. The molecular formula is C17H13N7OS. The van der Waals surface area contributed by atoms with Crippen LogP contribution in [-0.4, -0.2) is 29.6 Å². The minimum atomic E-state index is -0.366. The van der Waals surface area contributed by atoms with Crippen molar-refractivity contribution in [2.75, 3.05) is 0 Å². The number of rotatable bonds is 4. The van der Waals surface area contributed by atoms with Crippen molar-refractivity contribution in [1.29, 1.82) is 5.26 Å². The number of thiophene rings is 1. The molecule has 0 aliphatic carbocycles. The first-order valence-corrected chi connectivity index (χ1v) is 8.67. The summed E-state index contributed by atoms with van der Waals surface area (Å²) in [5.41, 5.74) is 2.08. The van der Waals surface area contributed by atoms with Crippen LogP contribution in [0, 0.1) is 18.3 Å². The van der Waals surface area contributed by atoms with Gasteiger partial charge in [-0.3, -0.25) is 0 Å². The van der Waals surface area contributed by atoms with Crippen molar-refractivity contribution in [3.63, 3.8) is 0 Å². The van der Waals surface area contributed by atoms with Gasteiger partial charge in [0.05, 0.1) is 29.2 Å². The van der Waals surface area contributed by atoms with Crippen molar-refractivity contribution in [2.24, 2.45) is 0 Å². The average molecular weight is 363 g/mol. The van der Waals surface area contributed by atoms with E-state index in [1.165, 1.54) is 20.7 Å². The average Bonchev–Trinajstić information content (AvgIpc) is 3.37. The Morgan fingerprint density at radius 3 is 2.62 bits per heavy atom. The van der Waals surface area contributed by atoms with Gasteiger partial charge >= 0.3 is 5.69 Å². The van der Waals surface area contributed by atoms with Gasteiger partial charge in [0.15, 0.2) is 0 Å². The second-order valence-corrected chi connectivity index (χ2v) is 6.47. The molecule has 0 spiro atoms. The van der Waals surface area contributed by atoms with Gasteiger partial charge in [-0.25, -0.2) is 9.48 Å². The van der Waals surface area contributed by atoms with Gasteiger partial charge in [-0.2, -0.15) is 19.7 Å². The number of para-hydroxylation sites is 1. The van der Waals surface area contributed by atoms with E-state index in [-0.39, 0.29) is 12.2 Å². The van der Waals surface area contributed by atoms with Crippen LogP contribution in [0.25, 0.3) is 10.7 Å². The molecule has 0 N–H and O–H groups in total. The molecule has 0 radical (unpaired) electrons. The molecule has 9 heteroatoms. The number of aryl methyl sites for hydroxylation is 1. The lowest BCUT2D eigenvalue weighted by molar-refractivity contribution is 0.604. The summed E-state index contributed by atoms with van der Waals surface area (Å²) >= 11 is 1.40. The summed E-state index contributed by atoms with van der Waals surface area (Å²) in [6.07, 6.45) is 0. The zero-order valence-electron chi connectivity index (χ0n) is 13.8. The third-order valence-corrected chi connectivity index (χ3v) is 4.77. The van der Waals surface area contributed by atoms with Gasteiger partial charge in [-0.15, -0.1) is 11.3 Å². The molecule has 128 valence electrons. The highest BCUT2D eigenvalue weighted by atomic mass is 32.1. The summed E-state index contributed by atoms with van der Waals surface area (Å²) in [5, 5.41) is 24.4. The molecule has 0 bridgehead atoms. The van der Waals surface area contributed by atoms with E-state index < -0.39 is 0 Å². The molecule has 0 aliphatic heterocycles. The van der Waals surface area contributed by atoms with Crippen LogP contribution in [0.1, 0.15) is 17.0 Å². The molecule has 3 heterocycles. The molecule has 8 nitrogen and oxygen atoms in total. The lowest BCUT2D eigenvalue weighted by Gasteiger charge is -2.07. The molecule has 3 aromatic heterocycles. The number of nitrogens with zero attached hydrogens (tertiary/aromatic N) is 7. The number of nitriles is 1. The van der Waals surface area contributed by atoms with Crippen molar-refractivity contribution < 1.29 is 0 Å². The third-order valence-electron chi connectivity index (χ3n) is 3.92. The fourth-order valence-corrected chi connectivity index (χ4v) is 3.36. The Kier molecular flexibility index (Phi) is 3.95. The number of aromatic nitrogens is 6. The molecule has 0 unspecified atom stereocenters. The minimum absolute atomic E-state index is 0.100. The van der Waals surface area contributed by atoms with Crippen LogP contribution < -0.4 is 5.69 Å². The molecule has 0 aliphatic rings. The first-order valence-electron chi connectivity index (χ1n) is 7.80. The van der Waals surface area contributed by atoms with Crippen LogP contribution in [0.3, 0.4) is 0 Å². The Morgan fingerprint density at radius 2 is 1.92 bits per heavy atom. The molecular weight excluding hydrogens is 350 g/mol. The van der Waals surface area contributed by atoms with Crippen LogP contribution in [0.2, 0.25) is 0 Å². The summed E-state index contributed by atoms with van der Waals surface area (Å²) in [4.78, 5) is 12.6. The Hall–Kier alpha value is -3.51. The SMILES string of the molecule is Cc1nn(-c2ccccc2)c(Cn2nnn(-c3cccs3)c2=O)c1C#N. The van der Waals surface area contributed by atoms with Crippen LogP contribution in [-0.2, 0) is 6.54 Å². The quantitative estimate of drug-likeness (QED) is 0.552. The maximum Gasteiger partial charge on any atom is 0.369 e. The van der Waals surface area contributed by atoms with Gasteiger partial charge in [-0.05, 0) is 47.0 Å². The molecule has 0 saturated carbocycles. The summed E-state index contributed by atoms with van der Waals surface area (Å²) < 4.78 is 4.15. The predicted octanol–water partition coefficient (Wildman–Crippen LogP) is 1.90. The van der Waals surface area contributed by atoms with E-state index in [4.69, 9.17) is 0 Å². The highest BCUT2D eigenvalue weighted by Gasteiger charge is 2.19. The zero-order chi connectivity index (χ0) is 18.1. The first kappa shape index (κ1) is 16.0. The van der Waals surface area contributed by atoms with Crippen molar-refractivity contribution in [2.45, 2.75) is 13.5 Å².